The lowest BCUT2D eigenvalue weighted by molar-refractivity contribution is 0.146. The molecule has 0 radical (unpaired) electrons. The molecular formula is C4H8O2S. The van der Waals surface area contributed by atoms with Gasteiger partial charge in [0.25, 0.3) is 0 Å². The number of rotatable bonds is 1. The molecular weight excluding hydrogens is 112 g/mol. The van der Waals surface area contributed by atoms with Crippen LogP contribution in [0.1, 0.15) is 0 Å². The third-order valence-corrected chi connectivity index (χ3v) is 2.52. The summed E-state index contributed by atoms with van der Waals surface area (Å²) in [5.74, 6) is 0.797. The summed E-state index contributed by atoms with van der Waals surface area (Å²) in [6.07, 6.45) is -0.241. The maximum absolute atomic E-state index is 8.73. The summed E-state index contributed by atoms with van der Waals surface area (Å²) in [6, 6.07) is 0. The van der Waals surface area contributed by atoms with Crippen molar-refractivity contribution >= 4 is 11.8 Å². The Morgan fingerprint density at radius 3 is 2.43 bits per heavy atom. The van der Waals surface area contributed by atoms with Crippen LogP contribution in [0.5, 0.6) is 0 Å². The minimum Gasteiger partial charge on any atom is -0.395 e. The Morgan fingerprint density at radius 1 is 1.71 bits per heavy atom. The zero-order valence-electron chi connectivity index (χ0n) is 3.87. The molecule has 1 aliphatic heterocycles. The average Bonchev–Trinajstić information content (AvgIpc) is 1.65. The minimum atomic E-state index is -0.241. The number of hydrogen-bond donors (Lipinski definition) is 2. The lowest BCUT2D eigenvalue weighted by Gasteiger charge is -2.29. The fourth-order valence-corrected chi connectivity index (χ4v) is 1.23. The van der Waals surface area contributed by atoms with Crippen molar-refractivity contribution in [2.45, 2.75) is 11.4 Å². The van der Waals surface area contributed by atoms with Crippen molar-refractivity contribution < 1.29 is 10.2 Å². The number of thioether (sulfide) groups is 1. The van der Waals surface area contributed by atoms with Gasteiger partial charge in [-0.2, -0.15) is 11.8 Å². The lowest BCUT2D eigenvalue weighted by atomic mass is 10.3. The van der Waals surface area contributed by atoms with Crippen LogP contribution in [0.2, 0.25) is 0 Å². The SMILES string of the molecule is OCC1SCC1O. The van der Waals surface area contributed by atoms with E-state index in [-0.39, 0.29) is 18.0 Å². The quantitative estimate of drug-likeness (QED) is 0.488. The van der Waals surface area contributed by atoms with Crippen LogP contribution in [0, 0.1) is 0 Å². The molecule has 0 aromatic rings. The van der Waals surface area contributed by atoms with Gasteiger partial charge in [0.1, 0.15) is 0 Å². The van der Waals surface area contributed by atoms with Crippen molar-refractivity contribution in [3.8, 4) is 0 Å². The molecule has 0 saturated carbocycles. The van der Waals surface area contributed by atoms with E-state index in [9.17, 15) is 0 Å². The summed E-state index contributed by atoms with van der Waals surface area (Å²) >= 11 is 1.61. The van der Waals surface area contributed by atoms with Crippen LogP contribution in [0.4, 0.5) is 0 Å². The molecule has 1 fully saturated rings. The van der Waals surface area contributed by atoms with Gasteiger partial charge in [-0.3, -0.25) is 0 Å². The Bertz CT molecular complexity index is 64.7. The van der Waals surface area contributed by atoms with Crippen molar-refractivity contribution in [1.82, 2.24) is 0 Å². The second-order valence-electron chi connectivity index (χ2n) is 1.62. The molecule has 2 nitrogen and oxygen atoms in total. The topological polar surface area (TPSA) is 40.5 Å². The van der Waals surface area contributed by atoms with Crippen LogP contribution in [-0.2, 0) is 0 Å². The van der Waals surface area contributed by atoms with Gasteiger partial charge in [0.2, 0.25) is 0 Å². The second kappa shape index (κ2) is 2.03. The van der Waals surface area contributed by atoms with Crippen molar-refractivity contribution in [3.63, 3.8) is 0 Å². The van der Waals surface area contributed by atoms with Crippen LogP contribution in [0.25, 0.3) is 0 Å². The van der Waals surface area contributed by atoms with Crippen molar-refractivity contribution in [2.75, 3.05) is 12.4 Å². The predicted molar refractivity (Wildman–Crippen MR) is 29.3 cm³/mol. The van der Waals surface area contributed by atoms with Crippen molar-refractivity contribution in [1.29, 1.82) is 0 Å². The highest BCUT2D eigenvalue weighted by atomic mass is 32.2. The maximum Gasteiger partial charge on any atom is 0.0771 e. The summed E-state index contributed by atoms with van der Waals surface area (Å²) in [5.41, 5.74) is 0. The Kier molecular flexibility index (Phi) is 1.57. The molecule has 2 unspecified atom stereocenters. The van der Waals surface area contributed by atoms with Crippen LogP contribution < -0.4 is 0 Å². The van der Waals surface area contributed by atoms with Crippen molar-refractivity contribution in [2.24, 2.45) is 0 Å². The van der Waals surface area contributed by atoms with Gasteiger partial charge in [-0.1, -0.05) is 0 Å². The van der Waals surface area contributed by atoms with E-state index >= 15 is 0 Å². The van der Waals surface area contributed by atoms with Gasteiger partial charge in [0, 0.05) is 5.75 Å². The molecule has 1 rings (SSSR count). The van der Waals surface area contributed by atoms with Crippen LogP contribution >= 0.6 is 11.8 Å². The smallest absolute Gasteiger partial charge is 0.0771 e. The van der Waals surface area contributed by atoms with E-state index in [2.05, 4.69) is 0 Å². The van der Waals surface area contributed by atoms with E-state index in [1.165, 1.54) is 0 Å². The molecule has 0 aromatic carbocycles. The average molecular weight is 120 g/mol. The fraction of sp³-hybridized carbons (Fsp3) is 1.00. The second-order valence-corrected chi connectivity index (χ2v) is 2.89. The first-order valence-corrected chi connectivity index (χ1v) is 3.30. The molecule has 0 amide bonds. The molecule has 1 aliphatic rings. The molecule has 7 heavy (non-hydrogen) atoms. The third-order valence-electron chi connectivity index (χ3n) is 1.09. The van der Waals surface area contributed by atoms with Gasteiger partial charge in [-0.25, -0.2) is 0 Å². The summed E-state index contributed by atoms with van der Waals surface area (Å²) in [6.45, 7) is 0.117. The standard InChI is InChI=1S/C4H8O2S/c5-1-4-3(6)2-7-4/h3-6H,1-2H2. The van der Waals surface area contributed by atoms with Crippen LogP contribution in [0.15, 0.2) is 0 Å². The molecule has 42 valence electrons. The first-order chi connectivity index (χ1) is 3.34. The van der Waals surface area contributed by atoms with E-state index in [1.807, 2.05) is 0 Å². The van der Waals surface area contributed by atoms with Gasteiger partial charge in [-0.05, 0) is 0 Å². The highest BCUT2D eigenvalue weighted by Gasteiger charge is 2.28. The van der Waals surface area contributed by atoms with Crippen LogP contribution in [-0.4, -0.2) is 33.9 Å². The van der Waals surface area contributed by atoms with Gasteiger partial charge in [0.05, 0.1) is 18.0 Å². The van der Waals surface area contributed by atoms with Crippen molar-refractivity contribution in [3.05, 3.63) is 0 Å². The van der Waals surface area contributed by atoms with Gasteiger partial charge in [0.15, 0.2) is 0 Å². The monoisotopic (exact) mass is 120 g/mol. The Hall–Kier alpha value is 0.270. The summed E-state index contributed by atoms with van der Waals surface area (Å²) in [4.78, 5) is 0. The number of hydrogen-bond acceptors (Lipinski definition) is 3. The molecule has 0 spiro atoms. The van der Waals surface area contributed by atoms with Gasteiger partial charge in [-0.15, -0.1) is 0 Å². The zero-order chi connectivity index (χ0) is 5.28. The largest absolute Gasteiger partial charge is 0.395 e. The van der Waals surface area contributed by atoms with E-state index in [0.717, 1.165) is 5.75 Å². The molecule has 1 saturated heterocycles. The zero-order valence-corrected chi connectivity index (χ0v) is 4.69. The first-order valence-electron chi connectivity index (χ1n) is 2.25. The normalized spacial score (nSPS) is 40.3. The Morgan fingerprint density at radius 2 is 2.43 bits per heavy atom. The Balaban J connectivity index is 2.16. The summed E-state index contributed by atoms with van der Waals surface area (Å²) in [5, 5.41) is 17.2. The third kappa shape index (κ3) is 0.900. The number of aliphatic hydroxyl groups excluding tert-OH is 2. The van der Waals surface area contributed by atoms with E-state index in [1.54, 1.807) is 11.8 Å². The first kappa shape index (κ1) is 5.41. The summed E-state index contributed by atoms with van der Waals surface area (Å²) in [7, 11) is 0. The highest BCUT2D eigenvalue weighted by molar-refractivity contribution is 8.01. The van der Waals surface area contributed by atoms with E-state index in [4.69, 9.17) is 10.2 Å². The number of aliphatic hydroxyl groups is 2. The predicted octanol–water partition coefficient (Wildman–Crippen LogP) is -0.545. The summed E-state index contributed by atoms with van der Waals surface area (Å²) < 4.78 is 0. The Labute approximate surface area is 46.5 Å². The molecule has 2 N–H and O–H groups in total. The molecule has 0 aromatic heterocycles. The highest BCUT2D eigenvalue weighted by Crippen LogP contribution is 2.27. The van der Waals surface area contributed by atoms with Gasteiger partial charge >= 0.3 is 0 Å². The molecule has 1 heterocycles. The lowest BCUT2D eigenvalue weighted by Crippen LogP contribution is -2.38. The van der Waals surface area contributed by atoms with Crippen LogP contribution in [0.3, 0.4) is 0 Å². The van der Waals surface area contributed by atoms with E-state index in [0.29, 0.717) is 0 Å². The van der Waals surface area contributed by atoms with E-state index < -0.39 is 0 Å². The van der Waals surface area contributed by atoms with Gasteiger partial charge < -0.3 is 10.2 Å². The minimum absolute atomic E-state index is 0.111. The molecule has 2 atom stereocenters. The molecule has 0 aliphatic carbocycles. The fourth-order valence-electron chi connectivity index (χ4n) is 0.493. The molecule has 0 bridgehead atoms. The molecule has 3 heteroatoms. The maximum atomic E-state index is 8.73.